The Morgan fingerprint density at radius 2 is 2.12 bits per heavy atom. The van der Waals surface area contributed by atoms with Gasteiger partial charge in [-0.3, -0.25) is 9.48 Å². The van der Waals surface area contributed by atoms with Gasteiger partial charge in [0.2, 0.25) is 0 Å². The molecule has 2 aromatic rings. The molecule has 0 saturated carbocycles. The lowest BCUT2D eigenvalue weighted by Gasteiger charge is -2.12. The van der Waals surface area contributed by atoms with Crippen LogP contribution in [0.15, 0.2) is 30.3 Å². The molecule has 1 aliphatic heterocycles. The molecule has 1 fully saturated rings. The smallest absolute Gasteiger partial charge is 0.255 e. The van der Waals surface area contributed by atoms with Crippen molar-refractivity contribution in [2.75, 3.05) is 13.2 Å². The van der Waals surface area contributed by atoms with Crippen LogP contribution in [0.1, 0.15) is 60.4 Å². The summed E-state index contributed by atoms with van der Waals surface area (Å²) in [6.45, 7) is 6.29. The molecule has 1 amide bonds. The lowest BCUT2D eigenvalue weighted by Crippen LogP contribution is -2.32. The molecule has 0 spiro atoms. The number of nitrogens with zero attached hydrogens (tertiary/aromatic N) is 2. The highest BCUT2D eigenvalue weighted by Crippen LogP contribution is 2.19. The van der Waals surface area contributed by atoms with Crippen molar-refractivity contribution in [2.24, 2.45) is 0 Å². The molecule has 0 bridgehead atoms. The van der Waals surface area contributed by atoms with Crippen LogP contribution in [0, 0.1) is 0 Å². The van der Waals surface area contributed by atoms with Gasteiger partial charge in [0.1, 0.15) is 0 Å². The van der Waals surface area contributed by atoms with Crippen molar-refractivity contribution < 1.29 is 9.53 Å². The number of benzene rings is 1. The van der Waals surface area contributed by atoms with Gasteiger partial charge in [0, 0.05) is 13.2 Å². The third kappa shape index (κ3) is 4.33. The van der Waals surface area contributed by atoms with Gasteiger partial charge < -0.3 is 10.1 Å². The number of rotatable bonds is 8. The van der Waals surface area contributed by atoms with Crippen LogP contribution in [0.3, 0.4) is 0 Å². The molecule has 26 heavy (non-hydrogen) atoms. The third-order valence-corrected chi connectivity index (χ3v) is 4.87. The molecular formula is C21H29N3O2. The van der Waals surface area contributed by atoms with Crippen molar-refractivity contribution in [1.29, 1.82) is 0 Å². The van der Waals surface area contributed by atoms with E-state index in [1.54, 1.807) is 0 Å². The van der Waals surface area contributed by atoms with Gasteiger partial charge in [0.05, 0.1) is 29.6 Å². The number of hydrogen-bond acceptors (Lipinski definition) is 3. The Bertz CT molecular complexity index is 718. The second-order valence-corrected chi connectivity index (χ2v) is 6.86. The van der Waals surface area contributed by atoms with Crippen molar-refractivity contribution >= 4 is 5.91 Å². The first-order chi connectivity index (χ1) is 12.7. The largest absolute Gasteiger partial charge is 0.376 e. The van der Waals surface area contributed by atoms with E-state index < -0.39 is 0 Å². The van der Waals surface area contributed by atoms with E-state index in [9.17, 15) is 4.79 Å². The van der Waals surface area contributed by atoms with Gasteiger partial charge in [-0.15, -0.1) is 0 Å². The highest BCUT2D eigenvalue weighted by atomic mass is 16.5. The summed E-state index contributed by atoms with van der Waals surface area (Å²) in [4.78, 5) is 12.9. The second-order valence-electron chi connectivity index (χ2n) is 6.86. The first-order valence-electron chi connectivity index (χ1n) is 9.75. The van der Waals surface area contributed by atoms with Crippen LogP contribution in [0.5, 0.6) is 0 Å². The van der Waals surface area contributed by atoms with E-state index in [2.05, 4.69) is 31.3 Å². The van der Waals surface area contributed by atoms with Gasteiger partial charge in [0.15, 0.2) is 0 Å². The van der Waals surface area contributed by atoms with E-state index in [4.69, 9.17) is 9.84 Å². The first kappa shape index (κ1) is 18.6. The minimum atomic E-state index is -0.0138. The molecule has 0 unspecified atom stereocenters. The van der Waals surface area contributed by atoms with E-state index in [0.29, 0.717) is 13.1 Å². The van der Waals surface area contributed by atoms with Crippen molar-refractivity contribution in [3.8, 4) is 0 Å². The van der Waals surface area contributed by atoms with Gasteiger partial charge >= 0.3 is 0 Å². The van der Waals surface area contributed by atoms with Gasteiger partial charge in [0.25, 0.3) is 5.91 Å². The number of aryl methyl sites for hydroxylation is 1. The van der Waals surface area contributed by atoms with Crippen LogP contribution >= 0.6 is 0 Å². The lowest BCUT2D eigenvalue weighted by atomic mass is 10.1. The van der Waals surface area contributed by atoms with Crippen LogP contribution < -0.4 is 5.32 Å². The molecule has 1 aromatic heterocycles. The number of ether oxygens (including phenoxy) is 1. The fourth-order valence-electron chi connectivity index (χ4n) is 3.57. The zero-order chi connectivity index (χ0) is 18.4. The van der Waals surface area contributed by atoms with Crippen LogP contribution in [0.4, 0.5) is 0 Å². The molecule has 1 N–H and O–H groups in total. The molecule has 1 aromatic carbocycles. The van der Waals surface area contributed by atoms with E-state index >= 15 is 0 Å². The summed E-state index contributed by atoms with van der Waals surface area (Å²) >= 11 is 0. The maximum Gasteiger partial charge on any atom is 0.255 e. The van der Waals surface area contributed by atoms with Crippen LogP contribution in [0.25, 0.3) is 0 Å². The number of hydrogen-bond donors (Lipinski definition) is 1. The molecule has 1 atom stereocenters. The molecule has 0 aliphatic carbocycles. The van der Waals surface area contributed by atoms with Crippen molar-refractivity contribution in [2.45, 2.75) is 58.6 Å². The summed E-state index contributed by atoms with van der Waals surface area (Å²) in [5.41, 5.74) is 3.88. The van der Waals surface area contributed by atoms with Crippen LogP contribution in [-0.4, -0.2) is 34.9 Å². The van der Waals surface area contributed by atoms with E-state index in [1.165, 1.54) is 5.56 Å². The minimum Gasteiger partial charge on any atom is -0.376 e. The average Bonchev–Trinajstić information content (AvgIpc) is 3.28. The van der Waals surface area contributed by atoms with Crippen molar-refractivity contribution in [3.05, 3.63) is 52.8 Å². The molecular weight excluding hydrogens is 326 g/mol. The van der Waals surface area contributed by atoms with Crippen LogP contribution in [-0.2, 0) is 24.1 Å². The number of carbonyl (C=O) groups excluding carboxylic acids is 1. The molecule has 1 saturated heterocycles. The van der Waals surface area contributed by atoms with Crippen molar-refractivity contribution in [3.63, 3.8) is 0 Å². The minimum absolute atomic E-state index is 0.0138. The molecule has 0 radical (unpaired) electrons. The summed E-state index contributed by atoms with van der Waals surface area (Å²) in [5, 5.41) is 7.87. The lowest BCUT2D eigenvalue weighted by molar-refractivity contribution is 0.0856. The number of nitrogens with one attached hydrogen (secondary N) is 1. The highest BCUT2D eigenvalue weighted by Gasteiger charge is 2.24. The molecule has 1 aliphatic rings. The maximum absolute atomic E-state index is 12.9. The quantitative estimate of drug-likeness (QED) is 0.790. The molecule has 140 valence electrons. The standard InChI is InChI=1S/C21H29N3O2/c1-3-9-18-20(21(25)22-14-17-12-8-13-26-17)19(4-2)24(23-18)15-16-10-6-5-7-11-16/h5-7,10-11,17H,3-4,8-9,12-15H2,1-2H3,(H,22,25)/t17-/m1/s1. The van der Waals surface area contributed by atoms with Crippen LogP contribution in [0.2, 0.25) is 0 Å². The van der Waals surface area contributed by atoms with Gasteiger partial charge in [-0.1, -0.05) is 50.6 Å². The Morgan fingerprint density at radius 3 is 2.77 bits per heavy atom. The molecule has 3 rings (SSSR count). The molecule has 5 heteroatoms. The Morgan fingerprint density at radius 1 is 1.31 bits per heavy atom. The summed E-state index contributed by atoms with van der Waals surface area (Å²) < 4.78 is 7.62. The highest BCUT2D eigenvalue weighted by molar-refractivity contribution is 5.96. The fourth-order valence-corrected chi connectivity index (χ4v) is 3.57. The fraction of sp³-hybridized carbons (Fsp3) is 0.524. The summed E-state index contributed by atoms with van der Waals surface area (Å²) in [6, 6.07) is 10.3. The molecule has 5 nitrogen and oxygen atoms in total. The summed E-state index contributed by atoms with van der Waals surface area (Å²) in [6.07, 6.45) is 4.83. The van der Waals surface area contributed by atoms with Gasteiger partial charge in [-0.25, -0.2) is 0 Å². The number of carbonyl (C=O) groups is 1. The Balaban J connectivity index is 1.82. The topological polar surface area (TPSA) is 56.2 Å². The average molecular weight is 355 g/mol. The third-order valence-electron chi connectivity index (χ3n) is 4.87. The van der Waals surface area contributed by atoms with E-state index in [1.807, 2.05) is 22.9 Å². The van der Waals surface area contributed by atoms with E-state index in [0.717, 1.165) is 55.7 Å². The predicted molar refractivity (Wildman–Crippen MR) is 102 cm³/mol. The first-order valence-corrected chi connectivity index (χ1v) is 9.75. The SMILES string of the molecule is CCCc1nn(Cc2ccccc2)c(CC)c1C(=O)NC[C@H]1CCCO1. The Kier molecular flexibility index (Phi) is 6.45. The Labute approximate surface area is 155 Å². The molecule has 2 heterocycles. The van der Waals surface area contributed by atoms with Gasteiger partial charge in [-0.05, 0) is 31.2 Å². The van der Waals surface area contributed by atoms with Gasteiger partial charge in [-0.2, -0.15) is 5.10 Å². The zero-order valence-corrected chi connectivity index (χ0v) is 15.8. The predicted octanol–water partition coefficient (Wildman–Crippen LogP) is 3.36. The second kappa shape index (κ2) is 8.99. The number of aromatic nitrogens is 2. The maximum atomic E-state index is 12.9. The summed E-state index contributed by atoms with van der Waals surface area (Å²) in [5.74, 6) is -0.0138. The van der Waals surface area contributed by atoms with E-state index in [-0.39, 0.29) is 12.0 Å². The number of amides is 1. The summed E-state index contributed by atoms with van der Waals surface area (Å²) in [7, 11) is 0. The Hall–Kier alpha value is -2.14. The normalized spacial score (nSPS) is 16.8. The zero-order valence-electron chi connectivity index (χ0n) is 15.8. The monoisotopic (exact) mass is 355 g/mol. The van der Waals surface area contributed by atoms with Crippen molar-refractivity contribution in [1.82, 2.24) is 15.1 Å².